The van der Waals surface area contributed by atoms with Crippen LogP contribution in [0.4, 0.5) is 5.69 Å². The van der Waals surface area contributed by atoms with Crippen molar-refractivity contribution in [1.82, 2.24) is 10.2 Å². The Hall–Kier alpha value is -2.98. The smallest absolute Gasteiger partial charge is 0.264 e. The Morgan fingerprint density at radius 1 is 0.951 bits per heavy atom. The maximum Gasteiger partial charge on any atom is 0.264 e. The monoisotopic (exact) mass is 639 g/mol. The van der Waals surface area contributed by atoms with Crippen LogP contribution in [0.5, 0.6) is 5.75 Å². The Morgan fingerprint density at radius 2 is 1.56 bits per heavy atom. The average molecular weight is 641 g/mol. The van der Waals surface area contributed by atoms with Gasteiger partial charge in [0.05, 0.1) is 17.7 Å². The first kappa shape index (κ1) is 32.5. The second kappa shape index (κ2) is 13.8. The summed E-state index contributed by atoms with van der Waals surface area (Å²) in [5, 5.41) is 3.63. The lowest BCUT2D eigenvalue weighted by atomic mass is 10.1. The highest BCUT2D eigenvalue weighted by Crippen LogP contribution is 2.35. The van der Waals surface area contributed by atoms with Gasteiger partial charge in [-0.15, -0.1) is 0 Å². The van der Waals surface area contributed by atoms with Gasteiger partial charge in [-0.2, -0.15) is 0 Å². The van der Waals surface area contributed by atoms with Gasteiger partial charge in [-0.3, -0.25) is 13.9 Å². The molecule has 41 heavy (non-hydrogen) atoms. The second-order valence-corrected chi connectivity index (χ2v) is 12.8. The van der Waals surface area contributed by atoms with Crippen LogP contribution in [0.3, 0.4) is 0 Å². The Balaban J connectivity index is 2.14. The molecule has 12 heteroatoms. The van der Waals surface area contributed by atoms with Gasteiger partial charge in [0.25, 0.3) is 10.0 Å². The third-order valence-corrected chi connectivity index (χ3v) is 9.00. The molecule has 220 valence electrons. The highest BCUT2D eigenvalue weighted by atomic mass is 35.5. The van der Waals surface area contributed by atoms with Crippen LogP contribution in [-0.2, 0) is 26.2 Å². The van der Waals surface area contributed by atoms with Crippen molar-refractivity contribution in [1.29, 1.82) is 0 Å². The van der Waals surface area contributed by atoms with Gasteiger partial charge < -0.3 is 15.0 Å². The van der Waals surface area contributed by atoms with Crippen LogP contribution in [0.1, 0.15) is 31.9 Å². The number of benzene rings is 3. The summed E-state index contributed by atoms with van der Waals surface area (Å²) in [5.74, 6) is -0.918. The van der Waals surface area contributed by atoms with E-state index in [1.807, 2.05) is 6.92 Å². The number of aryl methyl sites for hydroxylation is 1. The first-order valence-corrected chi connectivity index (χ1v) is 15.3. The van der Waals surface area contributed by atoms with Gasteiger partial charge in [-0.05, 0) is 70.2 Å². The molecule has 0 aliphatic heterocycles. The zero-order chi connectivity index (χ0) is 30.5. The van der Waals surface area contributed by atoms with E-state index in [0.717, 1.165) is 9.87 Å². The van der Waals surface area contributed by atoms with Gasteiger partial charge >= 0.3 is 0 Å². The summed E-state index contributed by atoms with van der Waals surface area (Å²) in [6.45, 7) is 6.16. The van der Waals surface area contributed by atoms with E-state index in [1.165, 1.54) is 36.3 Å². The number of halogens is 3. The predicted octanol–water partition coefficient (Wildman–Crippen LogP) is 6.10. The van der Waals surface area contributed by atoms with Gasteiger partial charge in [0, 0.05) is 33.2 Å². The lowest BCUT2D eigenvalue weighted by Gasteiger charge is -2.33. The SMILES string of the molecule is COc1ccc(Cl)cc1N(CC(=O)N(Cc1c(Cl)cccc1Cl)[C@H](C)C(=O)NC(C)C)S(=O)(=O)c1ccc(C)cc1. The largest absolute Gasteiger partial charge is 0.495 e. The number of hydrogen-bond donors (Lipinski definition) is 1. The maximum atomic E-state index is 14.1. The Bertz CT molecular complexity index is 1490. The zero-order valence-electron chi connectivity index (χ0n) is 23.3. The van der Waals surface area contributed by atoms with Crippen molar-refractivity contribution in [3.63, 3.8) is 0 Å². The molecule has 0 spiro atoms. The molecule has 0 saturated carbocycles. The van der Waals surface area contributed by atoms with Gasteiger partial charge in [0.15, 0.2) is 0 Å². The molecule has 0 aliphatic carbocycles. The fourth-order valence-corrected chi connectivity index (χ4v) is 6.15. The van der Waals surface area contributed by atoms with Crippen LogP contribution >= 0.6 is 34.8 Å². The molecule has 0 unspecified atom stereocenters. The highest BCUT2D eigenvalue weighted by Gasteiger charge is 2.34. The molecule has 0 aromatic heterocycles. The van der Waals surface area contributed by atoms with Crippen molar-refractivity contribution in [2.75, 3.05) is 18.0 Å². The lowest BCUT2D eigenvalue weighted by Crippen LogP contribution is -2.52. The molecule has 1 N–H and O–H groups in total. The molecule has 3 rings (SSSR count). The molecule has 1 atom stereocenters. The van der Waals surface area contributed by atoms with Crippen LogP contribution in [0, 0.1) is 6.92 Å². The number of hydrogen-bond acceptors (Lipinski definition) is 5. The number of carbonyl (C=O) groups excluding carboxylic acids is 2. The van der Waals surface area contributed by atoms with E-state index < -0.39 is 34.4 Å². The average Bonchev–Trinajstić information content (AvgIpc) is 2.91. The van der Waals surface area contributed by atoms with E-state index in [1.54, 1.807) is 57.2 Å². The summed E-state index contributed by atoms with van der Waals surface area (Å²) < 4.78 is 34.4. The number of carbonyl (C=O) groups is 2. The summed E-state index contributed by atoms with van der Waals surface area (Å²) in [5.41, 5.74) is 1.34. The molecule has 0 aliphatic rings. The molecular weight excluding hydrogens is 609 g/mol. The molecule has 2 amide bonds. The molecule has 0 heterocycles. The number of methoxy groups -OCH3 is 1. The molecule has 0 fully saturated rings. The van der Waals surface area contributed by atoms with Gasteiger partial charge in [0.2, 0.25) is 11.8 Å². The first-order valence-electron chi connectivity index (χ1n) is 12.7. The normalized spacial score (nSPS) is 12.1. The van der Waals surface area contributed by atoms with E-state index in [2.05, 4.69) is 5.32 Å². The van der Waals surface area contributed by atoms with Crippen LogP contribution < -0.4 is 14.4 Å². The zero-order valence-corrected chi connectivity index (χ0v) is 26.4. The predicted molar refractivity (Wildman–Crippen MR) is 163 cm³/mol. The number of ether oxygens (including phenoxy) is 1. The van der Waals surface area contributed by atoms with Crippen molar-refractivity contribution >= 4 is 62.3 Å². The molecule has 0 bridgehead atoms. The topological polar surface area (TPSA) is 96.0 Å². The number of sulfonamides is 1. The molecule has 0 radical (unpaired) electrons. The van der Waals surface area contributed by atoms with Crippen LogP contribution in [0.25, 0.3) is 0 Å². The molecule has 0 saturated heterocycles. The van der Waals surface area contributed by atoms with Crippen molar-refractivity contribution < 1.29 is 22.7 Å². The standard InChI is InChI=1S/C29H32Cl3N3O5S/c1-18(2)33-29(37)20(4)34(16-23-24(31)7-6-8-25(23)32)28(36)17-35(26-15-21(30)11-14-27(26)40-5)41(38,39)22-12-9-19(3)10-13-22/h6-15,18,20H,16-17H2,1-5H3,(H,33,37)/t20-/m1/s1. The fraction of sp³-hybridized carbons (Fsp3) is 0.310. The number of rotatable bonds is 11. The first-order chi connectivity index (χ1) is 19.3. The van der Waals surface area contributed by atoms with E-state index >= 15 is 0 Å². The number of nitrogens with one attached hydrogen (secondary N) is 1. The van der Waals surface area contributed by atoms with E-state index in [-0.39, 0.29) is 33.9 Å². The Kier molecular flexibility index (Phi) is 10.9. The lowest BCUT2D eigenvalue weighted by molar-refractivity contribution is -0.139. The third kappa shape index (κ3) is 7.86. The quantitative estimate of drug-likeness (QED) is 0.273. The minimum Gasteiger partial charge on any atom is -0.495 e. The maximum absolute atomic E-state index is 14.1. The minimum atomic E-state index is -4.31. The Labute approximate surface area is 256 Å². The van der Waals surface area contributed by atoms with E-state index in [0.29, 0.717) is 15.6 Å². The van der Waals surface area contributed by atoms with Crippen LogP contribution in [0.15, 0.2) is 65.6 Å². The van der Waals surface area contributed by atoms with E-state index in [9.17, 15) is 18.0 Å². The summed E-state index contributed by atoms with van der Waals surface area (Å²) in [6, 6.07) is 14.4. The summed E-state index contributed by atoms with van der Waals surface area (Å²) in [6.07, 6.45) is 0. The van der Waals surface area contributed by atoms with Gasteiger partial charge in [0.1, 0.15) is 18.3 Å². The third-order valence-electron chi connectivity index (χ3n) is 6.29. The molecular formula is C29H32Cl3N3O5S. The molecule has 8 nitrogen and oxygen atoms in total. The van der Waals surface area contributed by atoms with E-state index in [4.69, 9.17) is 39.5 Å². The highest BCUT2D eigenvalue weighted by molar-refractivity contribution is 7.92. The van der Waals surface area contributed by atoms with Crippen molar-refractivity contribution in [3.05, 3.63) is 86.9 Å². The number of amides is 2. The Morgan fingerprint density at radius 3 is 2.12 bits per heavy atom. The van der Waals surface area contributed by atoms with Crippen LogP contribution in [0.2, 0.25) is 15.1 Å². The fourth-order valence-electron chi connectivity index (χ4n) is 4.05. The minimum absolute atomic E-state index is 0.0378. The summed E-state index contributed by atoms with van der Waals surface area (Å²) in [4.78, 5) is 28.4. The van der Waals surface area contributed by atoms with Crippen molar-refractivity contribution in [2.45, 2.75) is 51.2 Å². The van der Waals surface area contributed by atoms with Crippen molar-refractivity contribution in [2.24, 2.45) is 0 Å². The van der Waals surface area contributed by atoms with Crippen LogP contribution in [-0.4, -0.2) is 50.9 Å². The van der Waals surface area contributed by atoms with Gasteiger partial charge in [-0.25, -0.2) is 8.42 Å². The summed E-state index contributed by atoms with van der Waals surface area (Å²) >= 11 is 19.1. The van der Waals surface area contributed by atoms with Crippen molar-refractivity contribution in [3.8, 4) is 5.75 Å². The molecule has 3 aromatic rings. The number of anilines is 1. The van der Waals surface area contributed by atoms with Gasteiger partial charge in [-0.1, -0.05) is 58.6 Å². The molecule has 3 aromatic carbocycles. The summed E-state index contributed by atoms with van der Waals surface area (Å²) in [7, 11) is -2.92. The number of nitrogens with zero attached hydrogens (tertiary/aromatic N) is 2. The second-order valence-electron chi connectivity index (χ2n) is 9.70.